The molecule has 0 saturated carbocycles. The van der Waals surface area contributed by atoms with E-state index in [-0.39, 0.29) is 30.5 Å². The van der Waals surface area contributed by atoms with Crippen molar-refractivity contribution in [2.75, 3.05) is 39.6 Å². The third-order valence-electron chi connectivity index (χ3n) is 4.47. The lowest BCUT2D eigenvalue weighted by Crippen LogP contribution is -2.47. The zero-order valence-corrected chi connectivity index (χ0v) is 19.8. The van der Waals surface area contributed by atoms with Gasteiger partial charge >= 0.3 is 0 Å². The molecule has 0 spiro atoms. The number of nitrogens with zero attached hydrogens (tertiary/aromatic N) is 3. The van der Waals surface area contributed by atoms with Gasteiger partial charge in [-0.25, -0.2) is 13.4 Å². The summed E-state index contributed by atoms with van der Waals surface area (Å²) in [6, 6.07) is 0. The number of aliphatic imine (C=N–C) groups is 1. The van der Waals surface area contributed by atoms with Crippen LogP contribution < -0.4 is 5.32 Å². The molecule has 150 valence electrons. The summed E-state index contributed by atoms with van der Waals surface area (Å²) in [6.07, 6.45) is 2.29. The second kappa shape index (κ2) is 10.2. The summed E-state index contributed by atoms with van der Waals surface area (Å²) in [5.74, 6) is 0.697. The average molecular weight is 516 g/mol. The van der Waals surface area contributed by atoms with Crippen molar-refractivity contribution in [3.8, 4) is 0 Å². The van der Waals surface area contributed by atoms with Gasteiger partial charge in [0.1, 0.15) is 0 Å². The summed E-state index contributed by atoms with van der Waals surface area (Å²) in [4.78, 5) is 11.1. The van der Waals surface area contributed by atoms with Crippen LogP contribution in [0.3, 0.4) is 0 Å². The van der Waals surface area contributed by atoms with Gasteiger partial charge < -0.3 is 15.0 Å². The molecule has 1 aromatic heterocycles. The third kappa shape index (κ3) is 6.03. The molecule has 1 aliphatic heterocycles. The molecule has 2 heterocycles. The van der Waals surface area contributed by atoms with Crippen LogP contribution >= 0.6 is 35.3 Å². The van der Waals surface area contributed by atoms with E-state index in [0.29, 0.717) is 45.1 Å². The zero-order chi connectivity index (χ0) is 18.5. The minimum atomic E-state index is -3.22. The number of hydrogen-bond donors (Lipinski definition) is 1. The van der Waals surface area contributed by atoms with Gasteiger partial charge in [-0.1, -0.05) is 0 Å². The molecular formula is C16H29IN4O3S2. The van der Waals surface area contributed by atoms with Crippen molar-refractivity contribution in [3.05, 3.63) is 16.1 Å². The number of aryl methyl sites for hydroxylation is 1. The van der Waals surface area contributed by atoms with Gasteiger partial charge in [-0.2, -0.15) is 0 Å². The molecule has 1 aliphatic rings. The van der Waals surface area contributed by atoms with Gasteiger partial charge in [0.15, 0.2) is 15.8 Å². The molecule has 0 amide bonds. The van der Waals surface area contributed by atoms with Gasteiger partial charge in [0.25, 0.3) is 0 Å². The fourth-order valence-corrected chi connectivity index (χ4v) is 4.69. The van der Waals surface area contributed by atoms with Crippen LogP contribution in [0.5, 0.6) is 0 Å². The van der Waals surface area contributed by atoms with E-state index >= 15 is 0 Å². The smallest absolute Gasteiger partial charge is 0.194 e. The Morgan fingerprint density at radius 2 is 2.12 bits per heavy atom. The number of hydrogen-bond acceptors (Lipinski definition) is 6. The van der Waals surface area contributed by atoms with Gasteiger partial charge in [-0.3, -0.25) is 4.99 Å². The van der Waals surface area contributed by atoms with Gasteiger partial charge in [0.05, 0.1) is 28.5 Å². The van der Waals surface area contributed by atoms with Crippen LogP contribution in [-0.4, -0.2) is 68.6 Å². The first kappa shape index (κ1) is 23.6. The van der Waals surface area contributed by atoms with Crippen molar-refractivity contribution < 1.29 is 13.2 Å². The van der Waals surface area contributed by atoms with E-state index in [4.69, 9.17) is 4.74 Å². The molecule has 0 bridgehead atoms. The maximum absolute atomic E-state index is 12.4. The number of ether oxygens (including phenoxy) is 1. The quantitative estimate of drug-likeness (QED) is 0.354. The molecule has 2 rings (SSSR count). The minimum Gasteiger partial charge on any atom is -0.381 e. The second-order valence-corrected chi connectivity index (χ2v) is 9.92. The number of guanidine groups is 1. The molecule has 0 atom stereocenters. The van der Waals surface area contributed by atoms with Crippen LogP contribution in [0.25, 0.3) is 0 Å². The summed E-state index contributed by atoms with van der Waals surface area (Å²) in [6.45, 7) is 6.50. The summed E-state index contributed by atoms with van der Waals surface area (Å²) in [5.41, 5.74) is 0.986. The lowest BCUT2D eigenvalue weighted by atomic mass is 9.99. The van der Waals surface area contributed by atoms with E-state index in [0.717, 1.165) is 10.7 Å². The second-order valence-electron chi connectivity index (χ2n) is 6.45. The van der Waals surface area contributed by atoms with Crippen molar-refractivity contribution in [3.63, 3.8) is 0 Å². The normalized spacial score (nSPS) is 17.5. The fourth-order valence-electron chi connectivity index (χ4n) is 2.88. The molecule has 0 aromatic carbocycles. The first-order valence-electron chi connectivity index (χ1n) is 8.45. The summed E-state index contributed by atoms with van der Waals surface area (Å²) in [5, 5.41) is 6.31. The lowest BCUT2D eigenvalue weighted by Gasteiger charge is -2.34. The molecule has 1 aromatic rings. The zero-order valence-electron chi connectivity index (χ0n) is 15.8. The fraction of sp³-hybridized carbons (Fsp3) is 0.750. The lowest BCUT2D eigenvalue weighted by molar-refractivity contribution is 0.0767. The van der Waals surface area contributed by atoms with Crippen LogP contribution in [0.15, 0.2) is 10.4 Å². The number of thiazole rings is 1. The molecule has 7 nitrogen and oxygen atoms in total. The molecule has 1 fully saturated rings. The number of rotatable bonds is 6. The summed E-state index contributed by atoms with van der Waals surface area (Å²) in [7, 11) is -1.29. The van der Waals surface area contributed by atoms with Crippen molar-refractivity contribution in [1.82, 2.24) is 15.2 Å². The Balaban J connectivity index is 0.00000338. The molecular weight excluding hydrogens is 487 g/mol. The number of halogens is 1. The molecule has 0 aliphatic carbocycles. The van der Waals surface area contributed by atoms with Crippen LogP contribution in [0.4, 0.5) is 0 Å². The Morgan fingerprint density at radius 1 is 1.46 bits per heavy atom. The number of nitrogens with one attached hydrogen (secondary N) is 1. The van der Waals surface area contributed by atoms with Crippen LogP contribution in [0, 0.1) is 6.92 Å². The van der Waals surface area contributed by atoms with Gasteiger partial charge in [-0.05, 0) is 26.7 Å². The molecule has 1 N–H and O–H groups in total. The van der Waals surface area contributed by atoms with Crippen molar-refractivity contribution >= 4 is 51.1 Å². The van der Waals surface area contributed by atoms with Gasteiger partial charge in [0, 0.05) is 38.4 Å². The van der Waals surface area contributed by atoms with Gasteiger partial charge in [0.2, 0.25) is 0 Å². The highest BCUT2D eigenvalue weighted by Crippen LogP contribution is 2.29. The van der Waals surface area contributed by atoms with E-state index in [1.165, 1.54) is 6.26 Å². The average Bonchev–Trinajstić information content (AvgIpc) is 2.96. The number of aromatic nitrogens is 1. The Labute approximate surface area is 177 Å². The highest BCUT2D eigenvalue weighted by Gasteiger charge is 2.42. The van der Waals surface area contributed by atoms with Gasteiger partial charge in [-0.15, -0.1) is 35.3 Å². The SMILES string of the molecule is CCNC(=NCC1(S(C)(=O)=O)CCOCC1)N(C)Cc1csc(C)n1.I. The number of sulfone groups is 1. The Hall–Kier alpha value is -0.460. The van der Waals surface area contributed by atoms with E-state index < -0.39 is 14.6 Å². The van der Waals surface area contributed by atoms with Crippen LogP contribution in [-0.2, 0) is 21.1 Å². The van der Waals surface area contributed by atoms with Crippen LogP contribution in [0.1, 0.15) is 30.5 Å². The minimum absolute atomic E-state index is 0. The highest BCUT2D eigenvalue weighted by molar-refractivity contribution is 14.0. The summed E-state index contributed by atoms with van der Waals surface area (Å²) < 4.78 is 29.3. The maximum atomic E-state index is 12.4. The predicted molar refractivity (Wildman–Crippen MR) is 117 cm³/mol. The van der Waals surface area contributed by atoms with E-state index in [9.17, 15) is 8.42 Å². The molecule has 0 radical (unpaired) electrons. The molecule has 10 heteroatoms. The first-order valence-corrected chi connectivity index (χ1v) is 11.2. The Kier molecular flexibility index (Phi) is 9.24. The van der Waals surface area contributed by atoms with E-state index in [2.05, 4.69) is 15.3 Å². The van der Waals surface area contributed by atoms with Crippen molar-refractivity contribution in [1.29, 1.82) is 0 Å². The van der Waals surface area contributed by atoms with E-state index in [1.807, 2.05) is 31.2 Å². The first-order chi connectivity index (χ1) is 11.8. The largest absolute Gasteiger partial charge is 0.381 e. The third-order valence-corrected chi connectivity index (χ3v) is 7.40. The van der Waals surface area contributed by atoms with E-state index in [1.54, 1.807) is 11.3 Å². The maximum Gasteiger partial charge on any atom is 0.194 e. The molecule has 26 heavy (non-hydrogen) atoms. The predicted octanol–water partition coefficient (Wildman–Crippen LogP) is 2.06. The molecule has 1 saturated heterocycles. The Bertz CT molecular complexity index is 700. The summed E-state index contributed by atoms with van der Waals surface area (Å²) >= 11 is 1.62. The van der Waals surface area contributed by atoms with Crippen molar-refractivity contribution in [2.45, 2.75) is 38.0 Å². The molecule has 0 unspecified atom stereocenters. The monoisotopic (exact) mass is 516 g/mol. The standard InChI is InChI=1S/C16H28N4O3S2.HI/c1-5-17-15(20(3)10-14-11-24-13(2)19-14)18-12-16(25(4,21)22)6-8-23-9-7-16;/h11H,5-10,12H2,1-4H3,(H,17,18);1H. The van der Waals surface area contributed by atoms with Crippen LogP contribution in [0.2, 0.25) is 0 Å². The highest BCUT2D eigenvalue weighted by atomic mass is 127. The Morgan fingerprint density at radius 3 is 2.62 bits per heavy atom. The van der Waals surface area contributed by atoms with Crippen molar-refractivity contribution in [2.24, 2.45) is 4.99 Å². The topological polar surface area (TPSA) is 83.9 Å².